The summed E-state index contributed by atoms with van der Waals surface area (Å²) in [5.41, 5.74) is 0. The largest absolute Gasteiger partial charge is 0.465 e. The second-order valence-electron chi connectivity index (χ2n) is 10.4. The minimum absolute atomic E-state index is 0.108. The summed E-state index contributed by atoms with van der Waals surface area (Å²) >= 11 is 0. The van der Waals surface area contributed by atoms with Crippen LogP contribution in [-0.4, -0.2) is 25.2 Å². The molecule has 2 unspecified atom stereocenters. The van der Waals surface area contributed by atoms with Crippen LogP contribution in [0.2, 0.25) is 0 Å². The molecule has 0 amide bonds. The average Bonchev–Trinajstić information content (AvgIpc) is 2.74. The van der Waals surface area contributed by atoms with Crippen molar-refractivity contribution in [2.45, 2.75) is 124 Å². The molecule has 0 aromatic rings. The summed E-state index contributed by atoms with van der Waals surface area (Å²) in [7, 11) is 0. The standard InChI is InChI=1S/C27H50O4/c1-22(2)15-10-7-5-6-8-12-19-30-26(28)24-17-14-18-25(21-24)27(29)31-20-13-9-11-16-23(3)4/h22-25H,5-21H2,1-4H3. The van der Waals surface area contributed by atoms with Crippen LogP contribution in [0.5, 0.6) is 0 Å². The van der Waals surface area contributed by atoms with Gasteiger partial charge in [-0.2, -0.15) is 0 Å². The molecule has 1 fully saturated rings. The third kappa shape index (κ3) is 14.6. The highest BCUT2D eigenvalue weighted by atomic mass is 16.5. The monoisotopic (exact) mass is 438 g/mol. The molecule has 0 N–H and O–H groups in total. The van der Waals surface area contributed by atoms with Crippen LogP contribution in [0.4, 0.5) is 0 Å². The lowest BCUT2D eigenvalue weighted by Crippen LogP contribution is -2.30. The van der Waals surface area contributed by atoms with Gasteiger partial charge >= 0.3 is 11.9 Å². The Morgan fingerprint density at radius 1 is 0.645 bits per heavy atom. The van der Waals surface area contributed by atoms with E-state index in [0.29, 0.717) is 19.6 Å². The van der Waals surface area contributed by atoms with Crippen molar-refractivity contribution in [3.05, 3.63) is 0 Å². The summed E-state index contributed by atoms with van der Waals surface area (Å²) in [6, 6.07) is 0. The van der Waals surface area contributed by atoms with Gasteiger partial charge in [-0.05, 0) is 43.9 Å². The summed E-state index contributed by atoms with van der Waals surface area (Å²) in [6.07, 6.45) is 16.2. The van der Waals surface area contributed by atoms with E-state index in [-0.39, 0.29) is 23.8 Å². The maximum atomic E-state index is 12.4. The van der Waals surface area contributed by atoms with Gasteiger partial charge in [0.1, 0.15) is 0 Å². The maximum Gasteiger partial charge on any atom is 0.308 e. The third-order valence-electron chi connectivity index (χ3n) is 6.43. The lowest BCUT2D eigenvalue weighted by molar-refractivity contribution is -0.155. The van der Waals surface area contributed by atoms with Crippen molar-refractivity contribution in [1.82, 2.24) is 0 Å². The highest BCUT2D eigenvalue weighted by molar-refractivity contribution is 5.76. The van der Waals surface area contributed by atoms with Crippen molar-refractivity contribution >= 4 is 11.9 Å². The zero-order valence-electron chi connectivity index (χ0n) is 21.0. The smallest absolute Gasteiger partial charge is 0.308 e. The first-order chi connectivity index (χ1) is 14.9. The van der Waals surface area contributed by atoms with Crippen molar-refractivity contribution in [1.29, 1.82) is 0 Å². The molecule has 0 radical (unpaired) electrons. The summed E-state index contributed by atoms with van der Waals surface area (Å²) in [5.74, 6) is 1.06. The lowest BCUT2D eigenvalue weighted by Gasteiger charge is -2.26. The fourth-order valence-electron chi connectivity index (χ4n) is 4.39. The second kappa shape index (κ2) is 17.5. The number of esters is 2. The number of hydrogen-bond donors (Lipinski definition) is 0. The van der Waals surface area contributed by atoms with Crippen molar-refractivity contribution in [3.8, 4) is 0 Å². The van der Waals surface area contributed by atoms with Gasteiger partial charge in [0.25, 0.3) is 0 Å². The maximum absolute atomic E-state index is 12.4. The van der Waals surface area contributed by atoms with Crippen LogP contribution in [0.15, 0.2) is 0 Å². The molecule has 1 aliphatic carbocycles. The zero-order chi connectivity index (χ0) is 22.9. The molecule has 0 bridgehead atoms. The molecule has 1 saturated carbocycles. The van der Waals surface area contributed by atoms with E-state index in [4.69, 9.17) is 9.47 Å². The molecule has 1 aliphatic rings. The molecule has 1 rings (SSSR count). The molecule has 182 valence electrons. The molecular weight excluding hydrogens is 388 g/mol. The van der Waals surface area contributed by atoms with Crippen LogP contribution in [0.25, 0.3) is 0 Å². The topological polar surface area (TPSA) is 52.6 Å². The number of unbranched alkanes of at least 4 members (excludes halogenated alkanes) is 7. The Balaban J connectivity index is 2.09. The fraction of sp³-hybridized carbons (Fsp3) is 0.926. The lowest BCUT2D eigenvalue weighted by atomic mass is 9.81. The molecule has 0 spiro atoms. The summed E-state index contributed by atoms with van der Waals surface area (Å²) < 4.78 is 11.0. The molecular formula is C27H50O4. The number of carbonyl (C=O) groups excluding carboxylic acids is 2. The van der Waals surface area contributed by atoms with Gasteiger partial charge < -0.3 is 9.47 Å². The normalized spacial score (nSPS) is 19.0. The van der Waals surface area contributed by atoms with Crippen molar-refractivity contribution < 1.29 is 19.1 Å². The van der Waals surface area contributed by atoms with Crippen LogP contribution >= 0.6 is 0 Å². The van der Waals surface area contributed by atoms with Crippen LogP contribution < -0.4 is 0 Å². The van der Waals surface area contributed by atoms with E-state index in [1.165, 1.54) is 44.9 Å². The SMILES string of the molecule is CC(C)CCCCCCCCOC(=O)C1CCCC(C(=O)OCCCCCC(C)C)C1. The highest BCUT2D eigenvalue weighted by Gasteiger charge is 2.32. The van der Waals surface area contributed by atoms with Gasteiger partial charge in [-0.15, -0.1) is 0 Å². The summed E-state index contributed by atoms with van der Waals surface area (Å²) in [5, 5.41) is 0. The molecule has 0 heterocycles. The Labute approximate surface area is 192 Å². The minimum atomic E-state index is -0.132. The van der Waals surface area contributed by atoms with Gasteiger partial charge in [0.05, 0.1) is 25.0 Å². The number of carbonyl (C=O) groups is 2. The van der Waals surface area contributed by atoms with Crippen molar-refractivity contribution in [3.63, 3.8) is 0 Å². The Morgan fingerprint density at radius 3 is 1.48 bits per heavy atom. The Bertz CT molecular complexity index is 472. The Morgan fingerprint density at radius 2 is 1.03 bits per heavy atom. The van der Waals surface area contributed by atoms with Crippen molar-refractivity contribution in [2.24, 2.45) is 23.7 Å². The fourth-order valence-corrected chi connectivity index (χ4v) is 4.39. The number of hydrogen-bond acceptors (Lipinski definition) is 4. The van der Waals surface area contributed by atoms with E-state index in [2.05, 4.69) is 27.7 Å². The molecule has 0 aromatic heterocycles. The van der Waals surface area contributed by atoms with Crippen LogP contribution in [0.1, 0.15) is 124 Å². The number of rotatable bonds is 17. The summed E-state index contributed by atoms with van der Waals surface area (Å²) in [6.45, 7) is 10.1. The first-order valence-electron chi connectivity index (χ1n) is 13.2. The predicted molar refractivity (Wildman–Crippen MR) is 128 cm³/mol. The van der Waals surface area contributed by atoms with Gasteiger partial charge in [-0.25, -0.2) is 0 Å². The van der Waals surface area contributed by atoms with Crippen LogP contribution in [0, 0.1) is 23.7 Å². The molecule has 4 heteroatoms. The van der Waals surface area contributed by atoms with E-state index in [9.17, 15) is 9.59 Å². The van der Waals surface area contributed by atoms with E-state index >= 15 is 0 Å². The minimum Gasteiger partial charge on any atom is -0.465 e. The third-order valence-corrected chi connectivity index (χ3v) is 6.43. The van der Waals surface area contributed by atoms with Gasteiger partial charge in [0.2, 0.25) is 0 Å². The highest BCUT2D eigenvalue weighted by Crippen LogP contribution is 2.31. The molecule has 2 atom stereocenters. The van der Waals surface area contributed by atoms with Gasteiger partial charge in [-0.1, -0.05) is 91.9 Å². The van der Waals surface area contributed by atoms with Crippen molar-refractivity contribution in [2.75, 3.05) is 13.2 Å². The first-order valence-corrected chi connectivity index (χ1v) is 13.2. The van der Waals surface area contributed by atoms with E-state index in [1.54, 1.807) is 0 Å². The predicted octanol–water partition coefficient (Wildman–Crippen LogP) is 7.48. The average molecular weight is 439 g/mol. The van der Waals surface area contributed by atoms with E-state index in [1.807, 2.05) is 0 Å². The zero-order valence-corrected chi connectivity index (χ0v) is 21.0. The Kier molecular flexibility index (Phi) is 15.8. The molecule has 0 saturated heterocycles. The quantitative estimate of drug-likeness (QED) is 0.174. The van der Waals surface area contributed by atoms with E-state index < -0.39 is 0 Å². The molecule has 0 aromatic carbocycles. The molecule has 31 heavy (non-hydrogen) atoms. The van der Waals surface area contributed by atoms with Gasteiger partial charge in [0.15, 0.2) is 0 Å². The summed E-state index contributed by atoms with van der Waals surface area (Å²) in [4.78, 5) is 24.8. The van der Waals surface area contributed by atoms with E-state index in [0.717, 1.165) is 56.8 Å². The molecule has 4 nitrogen and oxygen atoms in total. The van der Waals surface area contributed by atoms with Crippen LogP contribution in [-0.2, 0) is 19.1 Å². The Hall–Kier alpha value is -1.06. The number of ether oxygens (including phenoxy) is 2. The van der Waals surface area contributed by atoms with Crippen LogP contribution in [0.3, 0.4) is 0 Å². The first kappa shape index (κ1) is 28.0. The molecule has 0 aliphatic heterocycles. The van der Waals surface area contributed by atoms with Gasteiger partial charge in [0, 0.05) is 0 Å². The van der Waals surface area contributed by atoms with Gasteiger partial charge in [-0.3, -0.25) is 9.59 Å². The second-order valence-corrected chi connectivity index (χ2v) is 10.4.